The summed E-state index contributed by atoms with van der Waals surface area (Å²) in [5.41, 5.74) is 3.09. The van der Waals surface area contributed by atoms with E-state index in [9.17, 15) is 8.42 Å². The van der Waals surface area contributed by atoms with Crippen LogP contribution >= 0.6 is 0 Å². The molecule has 0 aliphatic carbocycles. The number of rotatable bonds is 7. The first-order chi connectivity index (χ1) is 10.5. The Kier molecular flexibility index (Phi) is 5.75. The Hall–Kier alpha value is -1.65. The Morgan fingerprint density at radius 2 is 1.64 bits per heavy atom. The molecule has 0 fully saturated rings. The predicted octanol–water partition coefficient (Wildman–Crippen LogP) is 3.29. The third-order valence-corrected chi connectivity index (χ3v) is 4.98. The van der Waals surface area contributed by atoms with Crippen LogP contribution in [0.5, 0.6) is 0 Å². The number of aryl methyl sites for hydroxylation is 1. The molecule has 3 nitrogen and oxygen atoms in total. The first-order valence-corrected chi connectivity index (χ1v) is 9.17. The fourth-order valence-corrected chi connectivity index (χ4v) is 3.76. The first kappa shape index (κ1) is 16.7. The molecule has 0 aromatic heterocycles. The molecule has 0 saturated carbocycles. The van der Waals surface area contributed by atoms with Gasteiger partial charge in [0.1, 0.15) is 0 Å². The lowest BCUT2D eigenvalue weighted by atomic mass is 10.0. The summed E-state index contributed by atoms with van der Waals surface area (Å²) in [5.74, 6) is 0.298. The molecular weight excluding hydrogens is 294 g/mol. The van der Waals surface area contributed by atoms with E-state index < -0.39 is 10.0 Å². The molecule has 4 heteroatoms. The lowest BCUT2D eigenvalue weighted by Gasteiger charge is -2.14. The molecule has 0 bridgehead atoms. The van der Waals surface area contributed by atoms with Gasteiger partial charge in [-0.1, -0.05) is 61.5 Å². The van der Waals surface area contributed by atoms with Gasteiger partial charge in [0, 0.05) is 6.54 Å². The van der Waals surface area contributed by atoms with E-state index in [0.29, 0.717) is 6.54 Å². The highest BCUT2D eigenvalue weighted by molar-refractivity contribution is 7.88. The molecule has 0 saturated heterocycles. The molecule has 0 amide bonds. The van der Waals surface area contributed by atoms with Crippen molar-refractivity contribution in [2.24, 2.45) is 5.92 Å². The maximum Gasteiger partial charge on any atom is 0.215 e. The molecule has 0 aliphatic rings. The minimum absolute atomic E-state index is 0.0394. The van der Waals surface area contributed by atoms with Crippen LogP contribution in [-0.2, 0) is 22.2 Å². The molecule has 22 heavy (non-hydrogen) atoms. The van der Waals surface area contributed by atoms with Crippen molar-refractivity contribution in [3.8, 4) is 0 Å². The fourth-order valence-electron chi connectivity index (χ4n) is 2.39. The lowest BCUT2D eigenvalue weighted by molar-refractivity contribution is 0.536. The van der Waals surface area contributed by atoms with Crippen LogP contribution in [0.1, 0.15) is 23.6 Å². The van der Waals surface area contributed by atoms with Crippen molar-refractivity contribution < 1.29 is 8.42 Å². The number of hydrogen-bond donors (Lipinski definition) is 1. The van der Waals surface area contributed by atoms with Gasteiger partial charge in [0.15, 0.2) is 0 Å². The molecule has 0 heterocycles. The topological polar surface area (TPSA) is 46.2 Å². The highest BCUT2D eigenvalue weighted by atomic mass is 32.2. The van der Waals surface area contributed by atoms with Gasteiger partial charge in [-0.2, -0.15) is 0 Å². The second kappa shape index (κ2) is 7.56. The van der Waals surface area contributed by atoms with Crippen molar-refractivity contribution in [1.29, 1.82) is 0 Å². The van der Waals surface area contributed by atoms with Crippen LogP contribution < -0.4 is 4.72 Å². The molecule has 0 spiro atoms. The van der Waals surface area contributed by atoms with Gasteiger partial charge in [-0.05, 0) is 36.0 Å². The molecule has 0 aliphatic heterocycles. The second-order valence-corrected chi connectivity index (χ2v) is 7.64. The van der Waals surface area contributed by atoms with Crippen molar-refractivity contribution in [3.63, 3.8) is 0 Å². The van der Waals surface area contributed by atoms with E-state index in [0.717, 1.165) is 17.5 Å². The van der Waals surface area contributed by atoms with Crippen molar-refractivity contribution >= 4 is 10.0 Å². The zero-order valence-corrected chi connectivity index (χ0v) is 13.9. The highest BCUT2D eigenvalue weighted by Gasteiger charge is 2.14. The van der Waals surface area contributed by atoms with Crippen LogP contribution in [0.3, 0.4) is 0 Å². The lowest BCUT2D eigenvalue weighted by Crippen LogP contribution is -2.30. The average Bonchev–Trinajstić information content (AvgIpc) is 2.49. The monoisotopic (exact) mass is 317 g/mol. The molecule has 1 N–H and O–H groups in total. The van der Waals surface area contributed by atoms with Crippen molar-refractivity contribution in [2.75, 3.05) is 6.54 Å². The van der Waals surface area contributed by atoms with E-state index in [1.165, 1.54) is 5.56 Å². The fraction of sp³-hybridized carbons (Fsp3) is 0.333. The van der Waals surface area contributed by atoms with E-state index >= 15 is 0 Å². The summed E-state index contributed by atoms with van der Waals surface area (Å²) in [4.78, 5) is 0. The molecule has 2 rings (SSSR count). The summed E-state index contributed by atoms with van der Waals surface area (Å²) in [6, 6.07) is 17.7. The Balaban J connectivity index is 1.88. The van der Waals surface area contributed by atoms with E-state index in [2.05, 4.69) is 23.8 Å². The molecule has 2 aromatic rings. The summed E-state index contributed by atoms with van der Waals surface area (Å²) in [7, 11) is -3.29. The minimum Gasteiger partial charge on any atom is -0.215 e. The molecule has 118 valence electrons. The molecule has 1 unspecified atom stereocenters. The second-order valence-electron chi connectivity index (χ2n) is 5.83. The maximum absolute atomic E-state index is 12.2. The van der Waals surface area contributed by atoms with E-state index in [1.54, 1.807) is 0 Å². The standard InChI is InChI=1S/C18H23NO2S/c1-15(12-17-9-4-3-5-10-17)13-19-22(20,21)14-18-11-7-6-8-16(18)2/h3-11,15,19H,12-14H2,1-2H3. The molecule has 0 radical (unpaired) electrons. The number of benzene rings is 2. The summed E-state index contributed by atoms with van der Waals surface area (Å²) in [6.45, 7) is 4.45. The van der Waals surface area contributed by atoms with Crippen molar-refractivity contribution in [2.45, 2.75) is 26.0 Å². The number of sulfonamides is 1. The van der Waals surface area contributed by atoms with E-state index in [-0.39, 0.29) is 11.7 Å². The van der Waals surface area contributed by atoms with Gasteiger partial charge in [-0.15, -0.1) is 0 Å². The van der Waals surface area contributed by atoms with Gasteiger partial charge in [0.05, 0.1) is 5.75 Å². The van der Waals surface area contributed by atoms with Crippen LogP contribution in [0.4, 0.5) is 0 Å². The van der Waals surface area contributed by atoms with Gasteiger partial charge >= 0.3 is 0 Å². The summed E-state index contributed by atoms with van der Waals surface area (Å²) < 4.78 is 27.1. The zero-order valence-electron chi connectivity index (χ0n) is 13.1. The first-order valence-electron chi connectivity index (χ1n) is 7.52. The van der Waals surface area contributed by atoms with Crippen LogP contribution in [0.15, 0.2) is 54.6 Å². The quantitative estimate of drug-likeness (QED) is 0.852. The van der Waals surface area contributed by atoms with Gasteiger partial charge < -0.3 is 0 Å². The molecule has 2 aromatic carbocycles. The minimum atomic E-state index is -3.29. The Morgan fingerprint density at radius 1 is 1.00 bits per heavy atom. The number of nitrogens with one attached hydrogen (secondary N) is 1. The number of hydrogen-bond acceptors (Lipinski definition) is 2. The Bertz CT molecular complexity index is 696. The van der Waals surface area contributed by atoms with E-state index in [4.69, 9.17) is 0 Å². The molecular formula is C18H23NO2S. The van der Waals surface area contributed by atoms with Gasteiger partial charge in [-0.3, -0.25) is 0 Å². The van der Waals surface area contributed by atoms with Crippen molar-refractivity contribution in [1.82, 2.24) is 4.72 Å². The summed E-state index contributed by atoms with van der Waals surface area (Å²) >= 11 is 0. The Morgan fingerprint density at radius 3 is 2.32 bits per heavy atom. The maximum atomic E-state index is 12.2. The average molecular weight is 317 g/mol. The summed E-state index contributed by atoms with van der Waals surface area (Å²) in [5, 5.41) is 0. The van der Waals surface area contributed by atoms with Crippen LogP contribution in [0, 0.1) is 12.8 Å². The van der Waals surface area contributed by atoms with Gasteiger partial charge in [0.2, 0.25) is 10.0 Å². The van der Waals surface area contributed by atoms with Gasteiger partial charge in [-0.25, -0.2) is 13.1 Å². The third-order valence-electron chi connectivity index (χ3n) is 3.69. The zero-order chi connectivity index (χ0) is 16.0. The highest BCUT2D eigenvalue weighted by Crippen LogP contribution is 2.12. The normalized spacial score (nSPS) is 13.0. The Labute approximate surface area is 133 Å². The van der Waals surface area contributed by atoms with Crippen LogP contribution in [-0.4, -0.2) is 15.0 Å². The third kappa shape index (κ3) is 5.28. The SMILES string of the molecule is Cc1ccccc1CS(=O)(=O)NCC(C)Cc1ccccc1. The largest absolute Gasteiger partial charge is 0.215 e. The predicted molar refractivity (Wildman–Crippen MR) is 91.1 cm³/mol. The summed E-state index contributed by atoms with van der Waals surface area (Å²) in [6.07, 6.45) is 0.869. The molecule has 1 atom stereocenters. The van der Waals surface area contributed by atoms with Crippen molar-refractivity contribution in [3.05, 3.63) is 71.3 Å². The van der Waals surface area contributed by atoms with Crippen LogP contribution in [0.25, 0.3) is 0 Å². The van der Waals surface area contributed by atoms with Gasteiger partial charge in [0.25, 0.3) is 0 Å². The smallest absolute Gasteiger partial charge is 0.215 e. The van der Waals surface area contributed by atoms with E-state index in [1.807, 2.05) is 49.4 Å². The van der Waals surface area contributed by atoms with Crippen LogP contribution in [0.2, 0.25) is 0 Å².